The largest absolute Gasteiger partial charge is 0.264 e. The lowest BCUT2D eigenvalue weighted by atomic mass is 10.1. The summed E-state index contributed by atoms with van der Waals surface area (Å²) in [5, 5.41) is 0. The molecule has 0 spiro atoms. The zero-order chi connectivity index (χ0) is 8.97. The molecule has 0 unspecified atom stereocenters. The molecule has 0 atom stereocenters. The number of rotatable bonds is 2. The molecule has 0 saturated heterocycles. The van der Waals surface area contributed by atoms with Gasteiger partial charge in [-0.3, -0.25) is 4.98 Å². The summed E-state index contributed by atoms with van der Waals surface area (Å²) in [6.07, 6.45) is 7.06. The Morgan fingerprint density at radius 2 is 2.33 bits per heavy atom. The Kier molecular flexibility index (Phi) is 3.03. The van der Waals surface area contributed by atoms with Crippen molar-refractivity contribution in [2.45, 2.75) is 27.2 Å². The van der Waals surface area contributed by atoms with E-state index in [2.05, 4.69) is 37.9 Å². The number of pyridine rings is 1. The molecule has 0 aliphatic heterocycles. The van der Waals surface area contributed by atoms with Gasteiger partial charge in [0.1, 0.15) is 0 Å². The van der Waals surface area contributed by atoms with Crippen molar-refractivity contribution in [3.05, 3.63) is 35.2 Å². The lowest BCUT2D eigenvalue weighted by Gasteiger charge is -2.00. The number of hydrogen-bond donors (Lipinski definition) is 0. The highest BCUT2D eigenvalue weighted by Crippen LogP contribution is 2.11. The van der Waals surface area contributed by atoms with E-state index in [-0.39, 0.29) is 0 Å². The van der Waals surface area contributed by atoms with Crippen molar-refractivity contribution in [1.82, 2.24) is 4.98 Å². The van der Waals surface area contributed by atoms with E-state index < -0.39 is 0 Å². The summed E-state index contributed by atoms with van der Waals surface area (Å²) in [4.78, 5) is 4.05. The van der Waals surface area contributed by atoms with Gasteiger partial charge in [0.15, 0.2) is 0 Å². The number of nitrogens with zero attached hydrogens (tertiary/aromatic N) is 1. The summed E-state index contributed by atoms with van der Waals surface area (Å²) in [6.45, 7) is 6.41. The van der Waals surface area contributed by atoms with Crippen molar-refractivity contribution in [3.8, 4) is 0 Å². The van der Waals surface area contributed by atoms with Crippen LogP contribution in [0.2, 0.25) is 0 Å². The van der Waals surface area contributed by atoms with E-state index in [1.807, 2.05) is 12.4 Å². The van der Waals surface area contributed by atoms with Crippen molar-refractivity contribution in [2.24, 2.45) is 0 Å². The summed E-state index contributed by atoms with van der Waals surface area (Å²) >= 11 is 0. The number of hydrogen-bond acceptors (Lipinski definition) is 1. The highest BCUT2D eigenvalue weighted by atomic mass is 14.6. The van der Waals surface area contributed by atoms with Gasteiger partial charge in [-0.25, -0.2) is 0 Å². The summed E-state index contributed by atoms with van der Waals surface area (Å²) < 4.78 is 0. The molecule has 1 rings (SSSR count). The fourth-order valence-corrected chi connectivity index (χ4v) is 1.01. The lowest BCUT2D eigenvalue weighted by Crippen LogP contribution is -1.82. The summed E-state index contributed by atoms with van der Waals surface area (Å²) in [6, 6.07) is 2.05. The smallest absolute Gasteiger partial charge is 0.0303 e. The second-order valence-corrected chi connectivity index (χ2v) is 3.08. The Morgan fingerprint density at radius 3 is 2.92 bits per heavy atom. The summed E-state index contributed by atoms with van der Waals surface area (Å²) in [7, 11) is 0. The highest BCUT2D eigenvalue weighted by Gasteiger charge is 1.92. The predicted molar refractivity (Wildman–Crippen MR) is 52.9 cm³/mol. The van der Waals surface area contributed by atoms with E-state index in [4.69, 9.17) is 0 Å². The molecule has 1 aromatic rings. The van der Waals surface area contributed by atoms with Gasteiger partial charge in [0.25, 0.3) is 0 Å². The molecule has 0 amide bonds. The van der Waals surface area contributed by atoms with Crippen LogP contribution in [-0.2, 0) is 0 Å². The third kappa shape index (κ3) is 2.19. The van der Waals surface area contributed by atoms with Crippen LogP contribution in [0.4, 0.5) is 0 Å². The van der Waals surface area contributed by atoms with E-state index in [0.717, 1.165) is 6.42 Å². The highest BCUT2D eigenvalue weighted by molar-refractivity contribution is 5.54. The third-order valence-corrected chi connectivity index (χ3v) is 2.02. The van der Waals surface area contributed by atoms with Crippen LogP contribution in [-0.4, -0.2) is 4.98 Å². The van der Waals surface area contributed by atoms with E-state index in [9.17, 15) is 0 Å². The standard InChI is InChI=1S/C11H15N/c1-4-9(2)7-11-5-6-12-8-10(11)3/h5-8H,4H2,1-3H3/b9-7+. The first-order valence-corrected chi connectivity index (χ1v) is 4.32. The molecule has 1 heteroatoms. The molecule has 0 fully saturated rings. The Labute approximate surface area is 74.2 Å². The van der Waals surface area contributed by atoms with Gasteiger partial charge in [-0.15, -0.1) is 0 Å². The Balaban J connectivity index is 2.96. The molecule has 0 N–H and O–H groups in total. The minimum atomic E-state index is 1.11. The fourth-order valence-electron chi connectivity index (χ4n) is 1.01. The Hall–Kier alpha value is -1.11. The summed E-state index contributed by atoms with van der Waals surface area (Å²) in [5.41, 5.74) is 3.93. The van der Waals surface area contributed by atoms with Crippen molar-refractivity contribution in [1.29, 1.82) is 0 Å². The molecule has 0 bridgehead atoms. The number of aryl methyl sites for hydroxylation is 1. The van der Waals surface area contributed by atoms with Crippen LogP contribution < -0.4 is 0 Å². The van der Waals surface area contributed by atoms with Crippen LogP contribution in [0.15, 0.2) is 24.0 Å². The third-order valence-electron chi connectivity index (χ3n) is 2.02. The van der Waals surface area contributed by atoms with Gasteiger partial charge in [0, 0.05) is 12.4 Å². The van der Waals surface area contributed by atoms with Gasteiger partial charge in [-0.1, -0.05) is 18.6 Å². The van der Waals surface area contributed by atoms with Gasteiger partial charge in [0.2, 0.25) is 0 Å². The van der Waals surface area contributed by atoms with Crippen molar-refractivity contribution in [3.63, 3.8) is 0 Å². The maximum absolute atomic E-state index is 4.05. The molecule has 1 aromatic heterocycles. The van der Waals surface area contributed by atoms with Crippen LogP contribution in [0.5, 0.6) is 0 Å². The minimum Gasteiger partial charge on any atom is -0.264 e. The molecule has 0 radical (unpaired) electrons. The van der Waals surface area contributed by atoms with E-state index >= 15 is 0 Å². The average Bonchev–Trinajstić information content (AvgIpc) is 2.09. The Bertz CT molecular complexity index is 287. The van der Waals surface area contributed by atoms with Gasteiger partial charge in [0.05, 0.1) is 0 Å². The zero-order valence-corrected chi connectivity index (χ0v) is 7.96. The first kappa shape index (κ1) is 8.98. The molecular formula is C11H15N. The molecule has 64 valence electrons. The van der Waals surface area contributed by atoms with E-state index in [1.165, 1.54) is 16.7 Å². The Morgan fingerprint density at radius 1 is 1.58 bits per heavy atom. The fraction of sp³-hybridized carbons (Fsp3) is 0.364. The second kappa shape index (κ2) is 4.05. The van der Waals surface area contributed by atoms with E-state index in [1.54, 1.807) is 0 Å². The lowest BCUT2D eigenvalue weighted by molar-refractivity contribution is 1.11. The van der Waals surface area contributed by atoms with Gasteiger partial charge >= 0.3 is 0 Å². The summed E-state index contributed by atoms with van der Waals surface area (Å²) in [5.74, 6) is 0. The van der Waals surface area contributed by atoms with Crippen molar-refractivity contribution in [2.75, 3.05) is 0 Å². The number of aromatic nitrogens is 1. The topological polar surface area (TPSA) is 12.9 Å². The zero-order valence-electron chi connectivity index (χ0n) is 7.96. The van der Waals surface area contributed by atoms with Gasteiger partial charge < -0.3 is 0 Å². The second-order valence-electron chi connectivity index (χ2n) is 3.08. The molecule has 0 aliphatic rings. The van der Waals surface area contributed by atoms with Crippen molar-refractivity contribution < 1.29 is 0 Å². The molecule has 12 heavy (non-hydrogen) atoms. The van der Waals surface area contributed by atoms with E-state index in [0.29, 0.717) is 0 Å². The minimum absolute atomic E-state index is 1.11. The normalized spacial score (nSPS) is 11.8. The first-order chi connectivity index (χ1) is 5.74. The monoisotopic (exact) mass is 161 g/mol. The molecule has 1 heterocycles. The number of allylic oxidation sites excluding steroid dienone is 1. The van der Waals surface area contributed by atoms with Crippen LogP contribution in [0, 0.1) is 6.92 Å². The quantitative estimate of drug-likeness (QED) is 0.649. The average molecular weight is 161 g/mol. The van der Waals surface area contributed by atoms with Gasteiger partial charge in [-0.2, -0.15) is 0 Å². The maximum atomic E-state index is 4.05. The van der Waals surface area contributed by atoms with Crippen LogP contribution in [0.1, 0.15) is 31.4 Å². The van der Waals surface area contributed by atoms with Crippen molar-refractivity contribution >= 4 is 6.08 Å². The molecule has 1 nitrogen and oxygen atoms in total. The molecule has 0 aliphatic carbocycles. The van der Waals surface area contributed by atoms with Crippen LogP contribution >= 0.6 is 0 Å². The maximum Gasteiger partial charge on any atom is 0.0303 e. The molecule has 0 saturated carbocycles. The van der Waals surface area contributed by atoms with Crippen LogP contribution in [0.25, 0.3) is 6.08 Å². The van der Waals surface area contributed by atoms with Gasteiger partial charge in [-0.05, 0) is 37.5 Å². The SMILES string of the molecule is CC/C(C)=C/c1ccncc1C. The van der Waals surface area contributed by atoms with Crippen LogP contribution in [0.3, 0.4) is 0 Å². The molecule has 0 aromatic carbocycles. The first-order valence-electron chi connectivity index (χ1n) is 4.32. The predicted octanol–water partition coefficient (Wildman–Crippen LogP) is 3.20. The molecular weight excluding hydrogens is 146 g/mol.